The number of carbonyl (C=O) groups excluding carboxylic acids is 2. The monoisotopic (exact) mass is 524 g/mol. The number of nitrogens with one attached hydrogen (secondary N) is 2. The van der Waals surface area contributed by atoms with Gasteiger partial charge in [0, 0.05) is 5.69 Å². The molecule has 0 unspecified atom stereocenters. The molecule has 0 saturated heterocycles. The minimum absolute atomic E-state index is 0.152. The molecule has 3 aromatic carbocycles. The summed E-state index contributed by atoms with van der Waals surface area (Å²) in [6, 6.07) is 20.7. The highest BCUT2D eigenvalue weighted by atomic mass is 32.2. The van der Waals surface area contributed by atoms with Gasteiger partial charge in [0.15, 0.2) is 6.61 Å². The molecule has 0 saturated carbocycles. The lowest BCUT2D eigenvalue weighted by Crippen LogP contribution is -2.39. The molecular weight excluding hydrogens is 496 g/mol. The van der Waals surface area contributed by atoms with Gasteiger partial charge in [-0.2, -0.15) is 5.10 Å². The van der Waals surface area contributed by atoms with E-state index in [-0.39, 0.29) is 18.2 Å². The van der Waals surface area contributed by atoms with E-state index in [9.17, 15) is 18.0 Å². The van der Waals surface area contributed by atoms with Crippen LogP contribution in [0.1, 0.15) is 11.1 Å². The Labute approximate surface area is 216 Å². The van der Waals surface area contributed by atoms with E-state index in [1.54, 1.807) is 48.5 Å². The molecule has 2 amide bonds. The molecule has 0 radical (unpaired) electrons. The predicted octanol–water partition coefficient (Wildman–Crippen LogP) is 2.94. The average molecular weight is 525 g/mol. The zero-order chi connectivity index (χ0) is 26.8. The Morgan fingerprint density at radius 1 is 0.973 bits per heavy atom. The molecule has 11 heteroatoms. The van der Waals surface area contributed by atoms with Gasteiger partial charge in [0.2, 0.25) is 10.0 Å². The Bertz CT molecular complexity index is 1360. The number of anilines is 2. The first-order valence-electron chi connectivity index (χ1n) is 11.2. The normalized spacial score (nSPS) is 11.1. The van der Waals surface area contributed by atoms with Crippen molar-refractivity contribution in [2.24, 2.45) is 5.10 Å². The summed E-state index contributed by atoms with van der Waals surface area (Å²) in [5.41, 5.74) is 5.01. The van der Waals surface area contributed by atoms with Crippen LogP contribution in [0.25, 0.3) is 0 Å². The number of nitrogens with zero attached hydrogens (tertiary/aromatic N) is 2. The summed E-state index contributed by atoms with van der Waals surface area (Å²) >= 11 is 0. The highest BCUT2D eigenvalue weighted by Crippen LogP contribution is 2.29. The number of benzene rings is 3. The van der Waals surface area contributed by atoms with Crippen LogP contribution in [0.3, 0.4) is 0 Å². The predicted molar refractivity (Wildman–Crippen MR) is 143 cm³/mol. The maximum Gasteiger partial charge on any atom is 0.262 e. The van der Waals surface area contributed by atoms with E-state index in [0.717, 1.165) is 16.1 Å². The molecule has 0 aliphatic heterocycles. The van der Waals surface area contributed by atoms with Crippen LogP contribution < -0.4 is 24.5 Å². The van der Waals surface area contributed by atoms with Crippen molar-refractivity contribution in [2.75, 3.05) is 36.1 Å². The van der Waals surface area contributed by atoms with E-state index in [4.69, 9.17) is 9.47 Å². The summed E-state index contributed by atoms with van der Waals surface area (Å²) in [6.07, 6.45) is 2.41. The third-order valence-corrected chi connectivity index (χ3v) is 6.16. The van der Waals surface area contributed by atoms with Crippen LogP contribution in [-0.4, -0.2) is 53.0 Å². The fraction of sp³-hybridized carbons (Fsp3) is 0.192. The lowest BCUT2D eigenvalue weighted by atomic mass is 10.2. The SMILES string of the molecule is COc1ccccc1N(CC(=O)N/N=C\c1ccc(OCC(=O)Nc2ccc(C)cc2)cc1)S(C)(=O)=O. The number of rotatable bonds is 11. The molecule has 0 aliphatic rings. The Morgan fingerprint density at radius 3 is 2.30 bits per heavy atom. The molecule has 0 spiro atoms. The summed E-state index contributed by atoms with van der Waals surface area (Å²) < 4.78 is 36.2. The van der Waals surface area contributed by atoms with Gasteiger partial charge >= 0.3 is 0 Å². The lowest BCUT2D eigenvalue weighted by molar-refractivity contribution is -0.119. The number of hydrogen-bond donors (Lipinski definition) is 2. The van der Waals surface area contributed by atoms with Crippen molar-refractivity contribution in [3.05, 3.63) is 83.9 Å². The Hall–Kier alpha value is -4.38. The molecular formula is C26H28N4O6S. The Kier molecular flexibility index (Phi) is 9.22. The summed E-state index contributed by atoms with van der Waals surface area (Å²) in [5, 5.41) is 6.64. The van der Waals surface area contributed by atoms with E-state index < -0.39 is 22.5 Å². The fourth-order valence-corrected chi connectivity index (χ4v) is 4.05. The molecule has 0 atom stereocenters. The quantitative estimate of drug-likeness (QED) is 0.293. The van der Waals surface area contributed by atoms with Crippen molar-refractivity contribution in [1.29, 1.82) is 0 Å². The van der Waals surface area contributed by atoms with E-state index in [0.29, 0.717) is 22.7 Å². The van der Waals surface area contributed by atoms with Crippen molar-refractivity contribution >= 4 is 39.4 Å². The van der Waals surface area contributed by atoms with Gasteiger partial charge in [-0.3, -0.25) is 13.9 Å². The van der Waals surface area contributed by atoms with Gasteiger partial charge in [-0.15, -0.1) is 0 Å². The molecule has 37 heavy (non-hydrogen) atoms. The highest BCUT2D eigenvalue weighted by Gasteiger charge is 2.23. The molecule has 0 aliphatic carbocycles. The van der Waals surface area contributed by atoms with Crippen LogP contribution in [0.2, 0.25) is 0 Å². The molecule has 10 nitrogen and oxygen atoms in total. The summed E-state index contributed by atoms with van der Waals surface area (Å²) in [4.78, 5) is 24.4. The molecule has 2 N–H and O–H groups in total. The van der Waals surface area contributed by atoms with Crippen molar-refractivity contribution in [3.63, 3.8) is 0 Å². The van der Waals surface area contributed by atoms with E-state index in [1.807, 2.05) is 31.2 Å². The molecule has 0 heterocycles. The first-order valence-corrected chi connectivity index (χ1v) is 13.0. The third kappa shape index (κ3) is 8.36. The summed E-state index contributed by atoms with van der Waals surface area (Å²) in [6.45, 7) is 1.33. The lowest BCUT2D eigenvalue weighted by Gasteiger charge is -2.23. The molecule has 0 aromatic heterocycles. The van der Waals surface area contributed by atoms with Crippen molar-refractivity contribution < 1.29 is 27.5 Å². The number of hydrazone groups is 1. The van der Waals surface area contributed by atoms with Crippen LogP contribution in [0.15, 0.2) is 77.9 Å². The number of sulfonamides is 1. The number of methoxy groups -OCH3 is 1. The van der Waals surface area contributed by atoms with Crippen LogP contribution in [-0.2, 0) is 19.6 Å². The number of para-hydroxylation sites is 2. The molecule has 0 bridgehead atoms. The molecule has 0 fully saturated rings. The van der Waals surface area contributed by atoms with Gasteiger partial charge in [-0.05, 0) is 61.0 Å². The zero-order valence-electron chi connectivity index (χ0n) is 20.7. The van der Waals surface area contributed by atoms with Gasteiger partial charge in [0.25, 0.3) is 11.8 Å². The number of carbonyl (C=O) groups is 2. The van der Waals surface area contributed by atoms with Crippen molar-refractivity contribution in [3.8, 4) is 11.5 Å². The minimum Gasteiger partial charge on any atom is -0.495 e. The molecule has 194 valence electrons. The van der Waals surface area contributed by atoms with Crippen molar-refractivity contribution in [1.82, 2.24) is 5.43 Å². The van der Waals surface area contributed by atoms with Gasteiger partial charge in [0.1, 0.15) is 18.0 Å². The fourth-order valence-electron chi connectivity index (χ4n) is 3.19. The first-order chi connectivity index (χ1) is 17.7. The van der Waals surface area contributed by atoms with Crippen molar-refractivity contribution in [2.45, 2.75) is 6.92 Å². The standard InChI is InChI=1S/C26H28N4O6S/c1-19-8-12-21(13-9-19)28-26(32)18-36-22-14-10-20(11-15-22)16-27-29-25(31)17-30(37(3,33)34)23-6-4-5-7-24(23)35-2/h4-16H,17-18H2,1-3H3,(H,28,32)(H,29,31)/b27-16-. The largest absolute Gasteiger partial charge is 0.495 e. The number of amides is 2. The van der Waals surface area contributed by atoms with Gasteiger partial charge in [-0.1, -0.05) is 29.8 Å². The third-order valence-electron chi connectivity index (χ3n) is 5.03. The smallest absolute Gasteiger partial charge is 0.262 e. The van der Waals surface area contributed by atoms with E-state index in [2.05, 4.69) is 15.8 Å². The zero-order valence-corrected chi connectivity index (χ0v) is 21.5. The average Bonchev–Trinajstić information content (AvgIpc) is 2.87. The topological polar surface area (TPSA) is 126 Å². The van der Waals surface area contributed by atoms with Gasteiger partial charge < -0.3 is 14.8 Å². The second-order valence-electron chi connectivity index (χ2n) is 8.01. The van der Waals surface area contributed by atoms with Gasteiger partial charge in [-0.25, -0.2) is 13.8 Å². The van der Waals surface area contributed by atoms with Crippen LogP contribution in [0, 0.1) is 6.92 Å². The minimum atomic E-state index is -3.76. The Morgan fingerprint density at radius 2 is 1.65 bits per heavy atom. The van der Waals surface area contributed by atoms with Crippen LogP contribution >= 0.6 is 0 Å². The van der Waals surface area contributed by atoms with Gasteiger partial charge in [0.05, 0.1) is 25.3 Å². The highest BCUT2D eigenvalue weighted by molar-refractivity contribution is 7.92. The summed E-state index contributed by atoms with van der Waals surface area (Å²) in [7, 11) is -2.34. The Balaban J connectivity index is 1.51. The number of hydrogen-bond acceptors (Lipinski definition) is 7. The summed E-state index contributed by atoms with van der Waals surface area (Å²) in [5.74, 6) is -0.111. The second kappa shape index (κ2) is 12.5. The molecule has 3 rings (SSSR count). The number of aryl methyl sites for hydroxylation is 1. The van der Waals surface area contributed by atoms with E-state index >= 15 is 0 Å². The van der Waals surface area contributed by atoms with Crippen LogP contribution in [0.5, 0.6) is 11.5 Å². The first kappa shape index (κ1) is 27.2. The van der Waals surface area contributed by atoms with Crippen LogP contribution in [0.4, 0.5) is 11.4 Å². The van der Waals surface area contributed by atoms with E-state index in [1.165, 1.54) is 13.3 Å². The maximum atomic E-state index is 12.4. The molecule has 3 aromatic rings. The maximum absolute atomic E-state index is 12.4. The second-order valence-corrected chi connectivity index (χ2v) is 9.91. The number of ether oxygens (including phenoxy) is 2.